The van der Waals surface area contributed by atoms with Crippen LogP contribution in [0.2, 0.25) is 0 Å². The quantitative estimate of drug-likeness (QED) is 0.157. The first-order chi connectivity index (χ1) is 23.9. The van der Waals surface area contributed by atoms with E-state index >= 15 is 0 Å². The van der Waals surface area contributed by atoms with E-state index in [1.807, 2.05) is 0 Å². The number of ether oxygens (including phenoxy) is 4. The molecule has 2 aliphatic heterocycles. The third-order valence-electron chi connectivity index (χ3n) is 16.0. The Kier molecular flexibility index (Phi) is 9.89. The minimum atomic E-state index is -1.68. The number of aliphatic carboxylic acids is 1. The Morgan fingerprint density at radius 2 is 1.59 bits per heavy atom. The van der Waals surface area contributed by atoms with Crippen molar-refractivity contribution in [1.29, 1.82) is 0 Å². The second kappa shape index (κ2) is 13.2. The zero-order valence-corrected chi connectivity index (χ0v) is 30.9. The lowest BCUT2D eigenvalue weighted by Crippen LogP contribution is -2.64. The second-order valence-electron chi connectivity index (χ2n) is 18.9. The number of carbonyl (C=O) groups is 1. The predicted molar refractivity (Wildman–Crippen MR) is 183 cm³/mol. The summed E-state index contributed by atoms with van der Waals surface area (Å²) in [7, 11) is 0. The van der Waals surface area contributed by atoms with E-state index in [-0.39, 0.29) is 40.3 Å². The highest BCUT2D eigenvalue weighted by molar-refractivity contribution is 5.76. The first kappa shape index (κ1) is 38.1. The van der Waals surface area contributed by atoms with E-state index in [0.717, 1.165) is 70.6 Å². The van der Waals surface area contributed by atoms with Crippen molar-refractivity contribution in [2.75, 3.05) is 13.2 Å². The molecule has 0 radical (unpaired) electrons. The van der Waals surface area contributed by atoms with E-state index in [4.69, 9.17) is 18.9 Å². The van der Waals surface area contributed by atoms with E-state index < -0.39 is 73.3 Å². The molecule has 5 aliphatic carbocycles. The van der Waals surface area contributed by atoms with Crippen molar-refractivity contribution in [3.63, 3.8) is 0 Å². The predicted octanol–water partition coefficient (Wildman–Crippen LogP) is 2.89. The molecule has 2 saturated heterocycles. The minimum absolute atomic E-state index is 0.0410. The van der Waals surface area contributed by atoms with Crippen LogP contribution < -0.4 is 0 Å². The third-order valence-corrected chi connectivity index (χ3v) is 16.0. The summed E-state index contributed by atoms with van der Waals surface area (Å²) in [6.07, 6.45) is -0.588. The van der Waals surface area contributed by atoms with Gasteiger partial charge in [-0.2, -0.15) is 0 Å². The number of aliphatic hydroxyl groups excluding tert-OH is 6. The highest BCUT2D eigenvalue weighted by atomic mass is 16.8. The van der Waals surface area contributed by atoms with Gasteiger partial charge in [-0.15, -0.1) is 0 Å². The number of rotatable bonds is 6. The number of hydrogen-bond donors (Lipinski definition) is 7. The molecule has 6 fully saturated rings. The number of aliphatic hydroxyl groups is 6. The van der Waals surface area contributed by atoms with Crippen LogP contribution >= 0.6 is 0 Å². The van der Waals surface area contributed by atoms with Gasteiger partial charge in [0.2, 0.25) is 0 Å². The van der Waals surface area contributed by atoms with Crippen molar-refractivity contribution in [3.05, 3.63) is 11.6 Å². The van der Waals surface area contributed by atoms with Crippen molar-refractivity contribution >= 4 is 5.97 Å². The van der Waals surface area contributed by atoms with Crippen molar-refractivity contribution in [2.24, 2.45) is 44.8 Å². The maximum atomic E-state index is 13.0. The molecule has 7 aliphatic rings. The fourth-order valence-electron chi connectivity index (χ4n) is 12.4. The molecule has 12 heteroatoms. The van der Waals surface area contributed by atoms with Crippen LogP contribution in [-0.2, 0) is 23.7 Å². The van der Waals surface area contributed by atoms with Gasteiger partial charge >= 0.3 is 5.97 Å². The molecule has 0 spiro atoms. The smallest absolute Gasteiger partial charge is 0.310 e. The summed E-state index contributed by atoms with van der Waals surface area (Å²) in [5, 5.41) is 72.8. The normalized spacial score (nSPS) is 53.9. The van der Waals surface area contributed by atoms with Crippen LogP contribution in [-0.4, -0.2) is 116 Å². The number of carboxylic acids is 1. The summed E-state index contributed by atoms with van der Waals surface area (Å²) < 4.78 is 23.8. The fourth-order valence-corrected chi connectivity index (χ4v) is 12.4. The van der Waals surface area contributed by atoms with Crippen molar-refractivity contribution in [2.45, 2.75) is 167 Å². The lowest BCUT2D eigenvalue weighted by molar-refractivity contribution is -0.362. The summed E-state index contributed by atoms with van der Waals surface area (Å²) in [5.74, 6) is 0.286. The van der Waals surface area contributed by atoms with Gasteiger partial charge in [-0.1, -0.05) is 46.3 Å². The largest absolute Gasteiger partial charge is 0.481 e. The van der Waals surface area contributed by atoms with Crippen LogP contribution in [0.3, 0.4) is 0 Å². The average molecular weight is 723 g/mol. The van der Waals surface area contributed by atoms with Gasteiger partial charge in [-0.05, 0) is 110 Å². The Balaban J connectivity index is 1.08. The van der Waals surface area contributed by atoms with Crippen LogP contribution in [0.4, 0.5) is 0 Å². The first-order valence-corrected chi connectivity index (χ1v) is 19.4. The topological polar surface area (TPSA) is 196 Å². The summed E-state index contributed by atoms with van der Waals surface area (Å²) >= 11 is 0. The van der Waals surface area contributed by atoms with Crippen molar-refractivity contribution in [3.8, 4) is 0 Å². The highest BCUT2D eigenvalue weighted by Crippen LogP contribution is 2.74. The molecule has 7 rings (SSSR count). The standard InChI is InChI=1S/C39H62O12/c1-35(2)12-14-39(34(46)47)15-13-37(4)22(23(39)17-35)6-7-26-36(3)10-9-21(16-20(36)8-11-38(26,37)5)49-33-31(27(42)24(41)19-48-33)51-32-30(45)29(44)28(43)25(18-40)50-32/h6,20-21,23-33,40-45H,7-19H2,1-5H3,(H,46,47)/t20?,21-,23?,24+,25+,26?,27-,28+,29-,30+,31+,32?,33?,36-,37+,38+,39?/m0/s1. The molecule has 2 heterocycles. The third kappa shape index (κ3) is 5.88. The zero-order valence-electron chi connectivity index (χ0n) is 30.9. The minimum Gasteiger partial charge on any atom is -0.481 e. The van der Waals surface area contributed by atoms with E-state index in [9.17, 15) is 40.5 Å². The molecule has 6 unspecified atom stereocenters. The average Bonchev–Trinajstić information content (AvgIpc) is 3.08. The molecule has 0 aromatic rings. The van der Waals surface area contributed by atoms with Gasteiger partial charge in [0.25, 0.3) is 0 Å². The van der Waals surface area contributed by atoms with E-state index in [1.54, 1.807) is 0 Å². The van der Waals surface area contributed by atoms with Crippen LogP contribution in [0, 0.1) is 44.8 Å². The molecule has 4 saturated carbocycles. The van der Waals surface area contributed by atoms with Crippen molar-refractivity contribution < 1.29 is 59.5 Å². The number of allylic oxidation sites excluding steroid dienone is 2. The molecule has 51 heavy (non-hydrogen) atoms. The summed E-state index contributed by atoms with van der Waals surface area (Å²) in [6.45, 7) is 11.2. The maximum absolute atomic E-state index is 13.0. The van der Waals surface area contributed by atoms with Gasteiger partial charge < -0.3 is 54.7 Å². The van der Waals surface area contributed by atoms with Crippen molar-refractivity contribution in [1.82, 2.24) is 0 Å². The lowest BCUT2D eigenvalue weighted by atomic mass is 9.35. The second-order valence-corrected chi connectivity index (χ2v) is 18.9. The molecule has 0 aromatic carbocycles. The molecular formula is C39H62O12. The maximum Gasteiger partial charge on any atom is 0.310 e. The first-order valence-electron chi connectivity index (χ1n) is 19.4. The van der Waals surface area contributed by atoms with Gasteiger partial charge in [0, 0.05) is 0 Å². The molecule has 17 atom stereocenters. The SMILES string of the molecule is CC1(C)CCC2(C(=O)O)CC[C@]3(C)C(=CCC4[C@@]5(C)CC[C@H](OC6OC[C@@H](O)[C@H](O)[C@H]6OC6O[C@H](CO)[C@@H](O)[C@H](O)[C@H]6O)CC5CC[C@]43C)C2C1. The Morgan fingerprint density at radius 3 is 2.29 bits per heavy atom. The molecule has 0 bridgehead atoms. The molecular weight excluding hydrogens is 660 g/mol. The molecule has 0 aromatic heterocycles. The summed E-state index contributed by atoms with van der Waals surface area (Å²) in [4.78, 5) is 13.0. The summed E-state index contributed by atoms with van der Waals surface area (Å²) in [5.41, 5.74) is 0.922. The number of fused-ring (bicyclic) bond motifs is 7. The van der Waals surface area contributed by atoms with Gasteiger partial charge in [0.05, 0.1) is 24.7 Å². The Morgan fingerprint density at radius 1 is 0.863 bits per heavy atom. The summed E-state index contributed by atoms with van der Waals surface area (Å²) in [6, 6.07) is 0. The molecule has 290 valence electrons. The van der Waals surface area contributed by atoms with E-state index in [2.05, 4.69) is 40.7 Å². The van der Waals surface area contributed by atoms with Gasteiger partial charge in [-0.3, -0.25) is 4.79 Å². The number of carboxylic acid groups (broad SMARTS) is 1. The Labute approximate surface area is 301 Å². The van der Waals surface area contributed by atoms with E-state index in [0.29, 0.717) is 11.8 Å². The molecule has 7 N–H and O–H groups in total. The number of hydrogen-bond acceptors (Lipinski definition) is 11. The van der Waals surface area contributed by atoms with Crippen LogP contribution in [0.5, 0.6) is 0 Å². The van der Waals surface area contributed by atoms with Gasteiger partial charge in [0.15, 0.2) is 12.6 Å². The fraction of sp³-hybridized carbons (Fsp3) is 0.923. The van der Waals surface area contributed by atoms with E-state index in [1.165, 1.54) is 5.57 Å². The lowest BCUT2D eigenvalue weighted by Gasteiger charge is -2.69. The van der Waals surface area contributed by atoms with Gasteiger partial charge in [-0.25, -0.2) is 0 Å². The molecule has 12 nitrogen and oxygen atoms in total. The Bertz CT molecular complexity index is 1350. The highest BCUT2D eigenvalue weighted by Gasteiger charge is 2.68. The van der Waals surface area contributed by atoms with Crippen LogP contribution in [0.15, 0.2) is 11.6 Å². The monoisotopic (exact) mass is 722 g/mol. The van der Waals surface area contributed by atoms with Crippen LogP contribution in [0.1, 0.15) is 105 Å². The van der Waals surface area contributed by atoms with Gasteiger partial charge in [0.1, 0.15) is 42.7 Å². The Hall–Kier alpha value is -1.19. The molecule has 0 amide bonds. The zero-order chi connectivity index (χ0) is 36.9. The van der Waals surface area contributed by atoms with Crippen LogP contribution in [0.25, 0.3) is 0 Å².